The van der Waals surface area contributed by atoms with Gasteiger partial charge in [0.1, 0.15) is 9.92 Å². The average molecular weight is 283 g/mol. The van der Waals surface area contributed by atoms with E-state index in [4.69, 9.17) is 16.2 Å². The van der Waals surface area contributed by atoms with Gasteiger partial charge >= 0.3 is 11.4 Å². The van der Waals surface area contributed by atoms with Crippen LogP contribution < -0.4 is 0 Å². The number of nitrogens with zero attached hydrogens (tertiary/aromatic N) is 2. The van der Waals surface area contributed by atoms with Gasteiger partial charge in [0.2, 0.25) is 0 Å². The van der Waals surface area contributed by atoms with Crippen LogP contribution in [0.4, 0.5) is 11.4 Å². The van der Waals surface area contributed by atoms with Gasteiger partial charge in [0.05, 0.1) is 9.85 Å². The molecule has 0 aliphatic carbocycles. The van der Waals surface area contributed by atoms with Crippen molar-refractivity contribution in [3.8, 4) is 0 Å². The molecule has 1 rings (SSSR count). The number of hydrogen-bond acceptors (Lipinski definition) is 6. The lowest BCUT2D eigenvalue weighted by atomic mass is 10.3. The molecule has 1 aromatic carbocycles. The molecule has 17 heavy (non-hydrogen) atoms. The molecule has 0 aromatic heterocycles. The van der Waals surface area contributed by atoms with Crippen molar-refractivity contribution in [1.29, 1.82) is 0 Å². The molecule has 0 amide bonds. The van der Waals surface area contributed by atoms with Crippen molar-refractivity contribution < 1.29 is 22.8 Å². The minimum atomic E-state index is -4.74. The first-order valence-corrected chi connectivity index (χ1v) is 5.56. The summed E-state index contributed by atoms with van der Waals surface area (Å²) in [7, 11) is -4.74. The molecule has 0 saturated carbocycles. The Hall–Kier alpha value is -1.78. The van der Waals surface area contributed by atoms with Crippen molar-refractivity contribution in [3.05, 3.63) is 37.4 Å². The minimum absolute atomic E-state index is 0.360. The summed E-state index contributed by atoms with van der Waals surface area (Å²) in [4.78, 5) is 17.9. The molecule has 92 valence electrons. The number of hydrogen-bond donors (Lipinski definition) is 1. The van der Waals surface area contributed by atoms with E-state index < -0.39 is 41.3 Å². The molecule has 0 radical (unpaired) electrons. The van der Waals surface area contributed by atoms with Gasteiger partial charge in [-0.2, -0.15) is 8.42 Å². The lowest BCUT2D eigenvalue weighted by Gasteiger charge is -2.00. The van der Waals surface area contributed by atoms with Crippen LogP contribution >= 0.6 is 11.6 Å². The molecule has 0 bridgehead atoms. The maximum atomic E-state index is 10.7. The van der Waals surface area contributed by atoms with Crippen LogP contribution in [-0.2, 0) is 10.1 Å². The van der Waals surface area contributed by atoms with Gasteiger partial charge in [0.15, 0.2) is 0 Å². The molecule has 1 aromatic rings. The Labute approximate surface area is 98.7 Å². The van der Waals surface area contributed by atoms with E-state index in [1.54, 1.807) is 0 Å². The molecule has 0 aliphatic heterocycles. The quantitative estimate of drug-likeness (QED) is 0.501. The average Bonchev–Trinajstić information content (AvgIpc) is 2.13. The summed E-state index contributed by atoms with van der Waals surface area (Å²) >= 11 is 5.36. The van der Waals surface area contributed by atoms with Crippen LogP contribution in [0.5, 0.6) is 0 Å². The highest BCUT2D eigenvalue weighted by Gasteiger charge is 2.31. The second-order valence-corrected chi connectivity index (χ2v) is 4.59. The van der Waals surface area contributed by atoms with E-state index in [9.17, 15) is 28.6 Å². The molecule has 0 unspecified atom stereocenters. The molecule has 11 heteroatoms. The second-order valence-electron chi connectivity index (χ2n) is 2.76. The zero-order chi connectivity index (χ0) is 13.4. The zero-order valence-corrected chi connectivity index (χ0v) is 9.30. The number of halogens is 1. The minimum Gasteiger partial charge on any atom is -0.282 e. The zero-order valence-electron chi connectivity index (χ0n) is 7.73. The van der Waals surface area contributed by atoms with Gasteiger partial charge in [0, 0.05) is 6.07 Å². The third-order valence-electron chi connectivity index (χ3n) is 1.69. The summed E-state index contributed by atoms with van der Waals surface area (Å²) in [6.45, 7) is 0. The predicted molar refractivity (Wildman–Crippen MR) is 54.6 cm³/mol. The fraction of sp³-hybridized carbons (Fsp3) is 0. The van der Waals surface area contributed by atoms with Crippen LogP contribution in [0.1, 0.15) is 0 Å². The van der Waals surface area contributed by atoms with E-state index in [0.29, 0.717) is 12.1 Å². The SMILES string of the molecule is O=[N+]([O-])c1cc(S(=O)(=O)O)cc(Cl)c1[N+](=O)[O-]. The topological polar surface area (TPSA) is 141 Å². The normalized spacial score (nSPS) is 11.2. The monoisotopic (exact) mass is 282 g/mol. The van der Waals surface area contributed by atoms with Crippen molar-refractivity contribution in [3.63, 3.8) is 0 Å². The van der Waals surface area contributed by atoms with E-state index in [0.717, 1.165) is 0 Å². The van der Waals surface area contributed by atoms with Crippen LogP contribution in [0.2, 0.25) is 5.02 Å². The van der Waals surface area contributed by atoms with Crippen LogP contribution in [-0.4, -0.2) is 22.8 Å². The number of nitro benzene ring substituents is 2. The third-order valence-corrected chi connectivity index (χ3v) is 2.81. The second kappa shape index (κ2) is 4.24. The molecule has 1 N–H and O–H groups in total. The van der Waals surface area contributed by atoms with Crippen LogP contribution in [0.15, 0.2) is 17.0 Å². The standard InChI is InChI=1S/C6H3ClN2O7S/c7-4-1-3(17(14,15)16)2-5(8(10)11)6(4)9(12)13/h1-2H,(H,14,15,16). The first-order valence-electron chi connectivity index (χ1n) is 3.74. The Morgan fingerprint density at radius 2 is 1.71 bits per heavy atom. The summed E-state index contributed by atoms with van der Waals surface area (Å²) in [6, 6.07) is 0.918. The molecule has 0 fully saturated rings. The van der Waals surface area contributed by atoms with Crippen molar-refractivity contribution >= 4 is 33.1 Å². The number of rotatable bonds is 3. The highest BCUT2D eigenvalue weighted by atomic mass is 35.5. The van der Waals surface area contributed by atoms with E-state index in [2.05, 4.69) is 0 Å². The lowest BCUT2D eigenvalue weighted by molar-refractivity contribution is -0.422. The van der Waals surface area contributed by atoms with Crippen molar-refractivity contribution in [2.24, 2.45) is 0 Å². The first kappa shape index (κ1) is 13.3. The summed E-state index contributed by atoms with van der Waals surface area (Å²) < 4.78 is 30.2. The summed E-state index contributed by atoms with van der Waals surface area (Å²) in [5.41, 5.74) is -2.15. The van der Waals surface area contributed by atoms with E-state index in [1.165, 1.54) is 0 Å². The smallest absolute Gasteiger partial charge is 0.282 e. The van der Waals surface area contributed by atoms with E-state index in [-0.39, 0.29) is 0 Å². The van der Waals surface area contributed by atoms with Gasteiger partial charge < -0.3 is 0 Å². The first-order chi connectivity index (χ1) is 7.64. The Morgan fingerprint density at radius 1 is 1.18 bits per heavy atom. The van der Waals surface area contributed by atoms with Gasteiger partial charge in [-0.1, -0.05) is 11.6 Å². The number of benzene rings is 1. The van der Waals surface area contributed by atoms with Crippen molar-refractivity contribution in [1.82, 2.24) is 0 Å². The van der Waals surface area contributed by atoms with Gasteiger partial charge in [-0.05, 0) is 6.07 Å². The fourth-order valence-corrected chi connectivity index (χ4v) is 1.90. The maximum absolute atomic E-state index is 10.7. The fourth-order valence-electron chi connectivity index (χ4n) is 1.03. The largest absolute Gasteiger partial charge is 0.364 e. The van der Waals surface area contributed by atoms with Crippen LogP contribution in [0.25, 0.3) is 0 Å². The Kier molecular flexibility index (Phi) is 3.31. The van der Waals surface area contributed by atoms with Gasteiger partial charge in [-0.3, -0.25) is 24.8 Å². The van der Waals surface area contributed by atoms with Crippen LogP contribution in [0.3, 0.4) is 0 Å². The molecule has 0 heterocycles. The van der Waals surface area contributed by atoms with Crippen molar-refractivity contribution in [2.45, 2.75) is 4.90 Å². The molecule has 0 spiro atoms. The van der Waals surface area contributed by atoms with Gasteiger partial charge in [-0.25, -0.2) is 0 Å². The highest BCUT2D eigenvalue weighted by Crippen LogP contribution is 2.36. The summed E-state index contributed by atoms with van der Waals surface area (Å²) in [5.74, 6) is 0. The van der Waals surface area contributed by atoms with E-state index in [1.807, 2.05) is 0 Å². The molecule has 0 saturated heterocycles. The Bertz CT molecular complexity index is 611. The summed E-state index contributed by atoms with van der Waals surface area (Å²) in [6.07, 6.45) is 0. The highest BCUT2D eigenvalue weighted by molar-refractivity contribution is 7.85. The molecular weight excluding hydrogens is 280 g/mol. The lowest BCUT2D eigenvalue weighted by Crippen LogP contribution is -2.03. The third kappa shape index (κ3) is 2.67. The van der Waals surface area contributed by atoms with Gasteiger partial charge in [-0.15, -0.1) is 0 Å². The molecule has 0 aliphatic rings. The molecule has 0 atom stereocenters. The van der Waals surface area contributed by atoms with E-state index >= 15 is 0 Å². The maximum Gasteiger partial charge on any atom is 0.364 e. The summed E-state index contributed by atoms with van der Waals surface area (Å²) in [5, 5.41) is 20.3. The van der Waals surface area contributed by atoms with Crippen molar-refractivity contribution in [2.75, 3.05) is 0 Å². The Balaban J connectivity index is 3.70. The van der Waals surface area contributed by atoms with Gasteiger partial charge in [0.25, 0.3) is 10.1 Å². The number of nitro groups is 2. The predicted octanol–water partition coefficient (Wildman–Crippen LogP) is 1.40. The Morgan fingerprint density at radius 3 is 2.06 bits per heavy atom. The molecular formula is C6H3ClN2O7S. The van der Waals surface area contributed by atoms with Crippen LogP contribution in [0, 0.1) is 20.2 Å². The molecule has 9 nitrogen and oxygen atoms in total.